The van der Waals surface area contributed by atoms with Gasteiger partial charge >= 0.3 is 0 Å². The SMILES string of the molecule is CCOC(OCC)C(C#N)n1ccnc1N. The zero-order valence-corrected chi connectivity index (χ0v) is 9.46. The van der Waals surface area contributed by atoms with Gasteiger partial charge in [-0.15, -0.1) is 0 Å². The number of nitrogens with two attached hydrogens (primary N) is 1. The number of aromatic nitrogens is 2. The zero-order chi connectivity index (χ0) is 12.0. The summed E-state index contributed by atoms with van der Waals surface area (Å²) in [6.45, 7) is 4.63. The Bertz CT molecular complexity index is 352. The predicted molar refractivity (Wildman–Crippen MR) is 58.3 cm³/mol. The molecule has 88 valence electrons. The number of hydrogen-bond acceptors (Lipinski definition) is 5. The van der Waals surface area contributed by atoms with Crippen LogP contribution in [0.25, 0.3) is 0 Å². The molecular weight excluding hydrogens is 208 g/mol. The maximum atomic E-state index is 9.13. The highest BCUT2D eigenvalue weighted by molar-refractivity contribution is 5.20. The largest absolute Gasteiger partial charge is 0.369 e. The molecule has 1 unspecified atom stereocenters. The van der Waals surface area contributed by atoms with Crippen LogP contribution in [0, 0.1) is 11.3 Å². The maximum Gasteiger partial charge on any atom is 0.201 e. The molecule has 1 aromatic rings. The molecule has 2 N–H and O–H groups in total. The fourth-order valence-corrected chi connectivity index (χ4v) is 1.37. The Morgan fingerprint density at radius 2 is 2.12 bits per heavy atom. The Balaban J connectivity index is 2.87. The second-order valence-electron chi connectivity index (χ2n) is 3.05. The van der Waals surface area contributed by atoms with E-state index < -0.39 is 12.3 Å². The third kappa shape index (κ3) is 2.72. The van der Waals surface area contributed by atoms with Crippen LogP contribution in [0.3, 0.4) is 0 Å². The van der Waals surface area contributed by atoms with E-state index in [9.17, 15) is 0 Å². The lowest BCUT2D eigenvalue weighted by molar-refractivity contribution is -0.151. The van der Waals surface area contributed by atoms with Crippen LogP contribution in [-0.2, 0) is 9.47 Å². The topological polar surface area (TPSA) is 86.1 Å². The molecule has 0 saturated heterocycles. The number of nitrogen functional groups attached to an aromatic ring is 1. The average Bonchev–Trinajstić information content (AvgIpc) is 2.67. The van der Waals surface area contributed by atoms with Gasteiger partial charge in [-0.3, -0.25) is 4.57 Å². The Morgan fingerprint density at radius 1 is 1.50 bits per heavy atom. The zero-order valence-electron chi connectivity index (χ0n) is 9.46. The van der Waals surface area contributed by atoms with Crippen molar-refractivity contribution in [2.75, 3.05) is 18.9 Å². The lowest BCUT2D eigenvalue weighted by Gasteiger charge is -2.22. The van der Waals surface area contributed by atoms with Crippen molar-refractivity contribution in [3.63, 3.8) is 0 Å². The molecule has 0 aliphatic rings. The van der Waals surface area contributed by atoms with Gasteiger partial charge in [-0.25, -0.2) is 4.98 Å². The highest BCUT2D eigenvalue weighted by Crippen LogP contribution is 2.18. The van der Waals surface area contributed by atoms with E-state index in [0.29, 0.717) is 13.2 Å². The molecule has 6 nitrogen and oxygen atoms in total. The first-order valence-electron chi connectivity index (χ1n) is 5.15. The summed E-state index contributed by atoms with van der Waals surface area (Å²) in [6, 6.07) is 1.49. The van der Waals surface area contributed by atoms with Crippen LogP contribution in [0.2, 0.25) is 0 Å². The molecule has 1 aromatic heterocycles. The smallest absolute Gasteiger partial charge is 0.201 e. The van der Waals surface area contributed by atoms with Gasteiger partial charge in [0, 0.05) is 25.6 Å². The van der Waals surface area contributed by atoms with E-state index in [1.54, 1.807) is 6.20 Å². The molecule has 0 amide bonds. The van der Waals surface area contributed by atoms with Crippen molar-refractivity contribution in [2.45, 2.75) is 26.2 Å². The second-order valence-corrected chi connectivity index (χ2v) is 3.05. The minimum Gasteiger partial charge on any atom is -0.369 e. The molecule has 0 aliphatic heterocycles. The maximum absolute atomic E-state index is 9.13. The van der Waals surface area contributed by atoms with Gasteiger partial charge in [-0.1, -0.05) is 0 Å². The first kappa shape index (κ1) is 12.5. The van der Waals surface area contributed by atoms with Crippen molar-refractivity contribution >= 4 is 5.95 Å². The van der Waals surface area contributed by atoms with Crippen molar-refractivity contribution in [1.29, 1.82) is 5.26 Å². The van der Waals surface area contributed by atoms with E-state index in [0.717, 1.165) is 0 Å². The van der Waals surface area contributed by atoms with Gasteiger partial charge in [0.25, 0.3) is 0 Å². The third-order valence-corrected chi connectivity index (χ3v) is 2.05. The molecule has 1 atom stereocenters. The number of hydrogen-bond donors (Lipinski definition) is 1. The standard InChI is InChI=1S/C10H16N4O2/c1-3-15-9(16-4-2)8(7-11)14-6-5-13-10(14)12/h5-6,8-9H,3-4H2,1-2H3,(H2,12,13). The van der Waals surface area contributed by atoms with Crippen LogP contribution in [0.1, 0.15) is 19.9 Å². The Kier molecular flexibility index (Phi) is 4.76. The van der Waals surface area contributed by atoms with Crippen LogP contribution >= 0.6 is 0 Å². The molecule has 0 spiro atoms. The van der Waals surface area contributed by atoms with Crippen molar-refractivity contribution in [1.82, 2.24) is 9.55 Å². The van der Waals surface area contributed by atoms with E-state index in [2.05, 4.69) is 11.1 Å². The van der Waals surface area contributed by atoms with Crippen LogP contribution in [0.4, 0.5) is 5.95 Å². The highest BCUT2D eigenvalue weighted by atomic mass is 16.7. The fraction of sp³-hybridized carbons (Fsp3) is 0.600. The number of rotatable bonds is 6. The lowest BCUT2D eigenvalue weighted by atomic mass is 10.3. The number of nitrogens with zero attached hydrogens (tertiary/aromatic N) is 3. The monoisotopic (exact) mass is 224 g/mol. The molecule has 0 fully saturated rings. The Labute approximate surface area is 94.6 Å². The number of imidazole rings is 1. The average molecular weight is 224 g/mol. The molecule has 6 heteroatoms. The first-order chi connectivity index (χ1) is 7.74. The van der Waals surface area contributed by atoms with Crippen molar-refractivity contribution < 1.29 is 9.47 Å². The Hall–Kier alpha value is -1.58. The summed E-state index contributed by atoms with van der Waals surface area (Å²) in [5.41, 5.74) is 5.64. The summed E-state index contributed by atoms with van der Waals surface area (Å²) < 4.78 is 12.3. The summed E-state index contributed by atoms with van der Waals surface area (Å²) in [5, 5.41) is 9.13. The molecule has 0 bridgehead atoms. The molecule has 0 radical (unpaired) electrons. The van der Waals surface area contributed by atoms with E-state index in [1.165, 1.54) is 10.8 Å². The summed E-state index contributed by atoms with van der Waals surface area (Å²) in [6.07, 6.45) is 2.54. The highest BCUT2D eigenvalue weighted by Gasteiger charge is 2.25. The fourth-order valence-electron chi connectivity index (χ4n) is 1.37. The van der Waals surface area contributed by atoms with Crippen molar-refractivity contribution in [3.8, 4) is 6.07 Å². The Morgan fingerprint density at radius 3 is 2.50 bits per heavy atom. The molecule has 0 saturated carbocycles. The number of nitriles is 1. The van der Waals surface area contributed by atoms with E-state index in [-0.39, 0.29) is 5.95 Å². The molecular formula is C10H16N4O2. The van der Waals surface area contributed by atoms with Crippen molar-refractivity contribution in [2.24, 2.45) is 0 Å². The van der Waals surface area contributed by atoms with Gasteiger partial charge in [0.05, 0.1) is 6.07 Å². The van der Waals surface area contributed by atoms with E-state index in [1.807, 2.05) is 13.8 Å². The van der Waals surface area contributed by atoms with Crippen molar-refractivity contribution in [3.05, 3.63) is 12.4 Å². The van der Waals surface area contributed by atoms with Gasteiger partial charge in [0.2, 0.25) is 5.95 Å². The molecule has 1 heterocycles. The van der Waals surface area contributed by atoms with E-state index >= 15 is 0 Å². The van der Waals surface area contributed by atoms with Gasteiger partial charge < -0.3 is 15.2 Å². The molecule has 16 heavy (non-hydrogen) atoms. The summed E-state index contributed by atoms with van der Waals surface area (Å²) in [7, 11) is 0. The summed E-state index contributed by atoms with van der Waals surface area (Å²) >= 11 is 0. The second kappa shape index (κ2) is 6.10. The number of ether oxygens (including phenoxy) is 2. The molecule has 1 rings (SSSR count). The van der Waals surface area contributed by atoms with Gasteiger partial charge in [0.1, 0.15) is 0 Å². The summed E-state index contributed by atoms with van der Waals surface area (Å²) in [4.78, 5) is 3.87. The van der Waals surface area contributed by atoms with E-state index in [4.69, 9.17) is 20.5 Å². The van der Waals surface area contributed by atoms with Crippen LogP contribution < -0.4 is 5.73 Å². The van der Waals surface area contributed by atoms with Crippen LogP contribution in [0.5, 0.6) is 0 Å². The molecule has 0 aliphatic carbocycles. The van der Waals surface area contributed by atoms with Crippen LogP contribution in [0.15, 0.2) is 12.4 Å². The van der Waals surface area contributed by atoms with Crippen LogP contribution in [-0.4, -0.2) is 29.1 Å². The van der Waals surface area contributed by atoms with Gasteiger partial charge in [-0.2, -0.15) is 5.26 Å². The van der Waals surface area contributed by atoms with Gasteiger partial charge in [0.15, 0.2) is 12.3 Å². The quantitative estimate of drug-likeness (QED) is 0.726. The minimum atomic E-state index is -0.628. The summed E-state index contributed by atoms with van der Waals surface area (Å²) in [5.74, 6) is 0.274. The lowest BCUT2D eigenvalue weighted by Crippen LogP contribution is -2.29. The third-order valence-electron chi connectivity index (χ3n) is 2.05. The molecule has 0 aromatic carbocycles. The van der Waals surface area contributed by atoms with Gasteiger partial charge in [-0.05, 0) is 13.8 Å². The minimum absolute atomic E-state index is 0.274. The first-order valence-corrected chi connectivity index (χ1v) is 5.15. The number of anilines is 1. The predicted octanol–water partition coefficient (Wildman–Crippen LogP) is 0.929. The normalized spacial score (nSPS) is 12.6.